The van der Waals surface area contributed by atoms with Gasteiger partial charge < -0.3 is 4.74 Å². The molecule has 1 saturated heterocycles. The molecular weight excluding hydrogens is 330 g/mol. The Morgan fingerprint density at radius 3 is 2.46 bits per heavy atom. The predicted octanol–water partition coefficient (Wildman–Crippen LogP) is 2.53. The summed E-state index contributed by atoms with van der Waals surface area (Å²) in [6.45, 7) is 5.12. The van der Waals surface area contributed by atoms with Crippen LogP contribution in [0.3, 0.4) is 0 Å². The van der Waals surface area contributed by atoms with E-state index in [0.29, 0.717) is 12.8 Å². The van der Waals surface area contributed by atoms with Crippen LogP contribution in [0.1, 0.15) is 40.0 Å². The molecule has 2 aliphatic rings. The lowest BCUT2D eigenvalue weighted by atomic mass is 9.99. The molecule has 0 radical (unpaired) electrons. The van der Waals surface area contributed by atoms with Crippen LogP contribution in [-0.2, 0) is 19.4 Å². The van der Waals surface area contributed by atoms with Crippen molar-refractivity contribution in [2.75, 3.05) is 0 Å². The van der Waals surface area contributed by atoms with E-state index in [1.54, 1.807) is 39.0 Å². The fourth-order valence-corrected chi connectivity index (χ4v) is 5.69. The van der Waals surface area contributed by atoms with Gasteiger partial charge in [0.15, 0.2) is 5.78 Å². The summed E-state index contributed by atoms with van der Waals surface area (Å²) in [5.41, 5.74) is -0.760. The summed E-state index contributed by atoms with van der Waals surface area (Å²) in [5, 5.41) is 0. The Labute approximate surface area is 141 Å². The third-order valence-corrected chi connectivity index (χ3v) is 6.80. The fraction of sp³-hybridized carbons (Fsp3) is 0.529. The van der Waals surface area contributed by atoms with Crippen molar-refractivity contribution in [3.63, 3.8) is 0 Å². The lowest BCUT2D eigenvalue weighted by Crippen LogP contribution is -2.43. The van der Waals surface area contributed by atoms with Gasteiger partial charge in [0, 0.05) is 6.42 Å². The van der Waals surface area contributed by atoms with Crippen molar-refractivity contribution in [2.45, 2.75) is 61.4 Å². The number of hydrogen-bond acceptors (Lipinski definition) is 5. The summed E-state index contributed by atoms with van der Waals surface area (Å²) in [4.78, 5) is 24.5. The van der Waals surface area contributed by atoms with Crippen LogP contribution in [0.5, 0.6) is 0 Å². The van der Waals surface area contributed by atoms with Crippen molar-refractivity contribution < 1.29 is 22.7 Å². The van der Waals surface area contributed by atoms with Crippen molar-refractivity contribution in [2.24, 2.45) is 0 Å². The van der Waals surface area contributed by atoms with Crippen LogP contribution in [-0.4, -0.2) is 41.7 Å². The lowest BCUT2D eigenvalue weighted by Gasteiger charge is -2.22. The SMILES string of the molecule is CC(C)(C)OC(=O)N1C2CCCC(=O)C21S(=O)(=O)c1ccccc1. The number of carbonyl (C=O) groups is 2. The Balaban J connectivity index is 2.05. The smallest absolute Gasteiger partial charge is 0.412 e. The van der Waals surface area contributed by atoms with E-state index in [1.165, 1.54) is 12.1 Å². The number of Topliss-reactive ketones (excluding diaryl/α,β-unsaturated/α-hetero) is 1. The molecule has 130 valence electrons. The largest absolute Gasteiger partial charge is 0.444 e. The molecular formula is C17H21NO5S. The van der Waals surface area contributed by atoms with Crippen LogP contribution in [0.2, 0.25) is 0 Å². The summed E-state index contributed by atoms with van der Waals surface area (Å²) in [5.74, 6) is -0.423. The van der Waals surface area contributed by atoms with E-state index < -0.39 is 38.2 Å². The zero-order chi connectivity index (χ0) is 17.8. The molecule has 1 aliphatic heterocycles. The van der Waals surface area contributed by atoms with Gasteiger partial charge in [-0.15, -0.1) is 0 Å². The average molecular weight is 351 g/mol. The quantitative estimate of drug-likeness (QED) is 0.765. The van der Waals surface area contributed by atoms with Gasteiger partial charge >= 0.3 is 6.09 Å². The molecule has 2 fully saturated rings. The van der Waals surface area contributed by atoms with E-state index in [9.17, 15) is 18.0 Å². The van der Waals surface area contributed by atoms with E-state index in [1.807, 2.05) is 0 Å². The van der Waals surface area contributed by atoms with Gasteiger partial charge in [-0.2, -0.15) is 0 Å². The number of ketones is 1. The molecule has 1 aliphatic carbocycles. The maximum atomic E-state index is 13.2. The second kappa shape index (κ2) is 5.31. The maximum absolute atomic E-state index is 13.2. The minimum atomic E-state index is -4.01. The summed E-state index contributed by atoms with van der Waals surface area (Å²) in [6, 6.07) is 7.18. The van der Waals surface area contributed by atoms with Crippen LogP contribution < -0.4 is 0 Å². The fourth-order valence-electron chi connectivity index (χ4n) is 3.42. The van der Waals surface area contributed by atoms with Crippen LogP contribution in [0.4, 0.5) is 4.79 Å². The average Bonchev–Trinajstić information content (AvgIpc) is 3.19. The van der Waals surface area contributed by atoms with E-state index >= 15 is 0 Å². The second-order valence-electron chi connectivity index (χ2n) is 7.19. The number of benzene rings is 1. The number of ether oxygens (including phenoxy) is 1. The van der Waals surface area contributed by atoms with Crippen LogP contribution in [0, 0.1) is 0 Å². The summed E-state index contributed by atoms with van der Waals surface area (Å²) < 4.78 is 31.7. The number of fused-ring (bicyclic) bond motifs is 1. The minimum Gasteiger partial charge on any atom is -0.444 e. The first kappa shape index (κ1) is 17.0. The number of hydrogen-bond donors (Lipinski definition) is 0. The second-order valence-corrected chi connectivity index (χ2v) is 9.30. The van der Waals surface area contributed by atoms with Gasteiger partial charge in [-0.1, -0.05) is 18.2 Å². The normalized spacial score (nSPS) is 26.7. The number of sulfone groups is 1. The van der Waals surface area contributed by atoms with Gasteiger partial charge in [0.05, 0.1) is 10.9 Å². The van der Waals surface area contributed by atoms with Crippen LogP contribution >= 0.6 is 0 Å². The van der Waals surface area contributed by atoms with E-state index in [2.05, 4.69) is 0 Å². The van der Waals surface area contributed by atoms with E-state index in [-0.39, 0.29) is 11.3 Å². The molecule has 6 nitrogen and oxygen atoms in total. The highest BCUT2D eigenvalue weighted by Crippen LogP contribution is 2.55. The topological polar surface area (TPSA) is 80.5 Å². The van der Waals surface area contributed by atoms with Crippen molar-refractivity contribution >= 4 is 21.7 Å². The highest BCUT2D eigenvalue weighted by atomic mass is 32.2. The summed E-state index contributed by atoms with van der Waals surface area (Å²) in [7, 11) is -4.01. The van der Waals surface area contributed by atoms with Crippen LogP contribution in [0.25, 0.3) is 0 Å². The zero-order valence-corrected chi connectivity index (χ0v) is 14.8. The number of likely N-dealkylation sites (tertiary alicyclic amines) is 1. The van der Waals surface area contributed by atoms with Gasteiger partial charge in [-0.25, -0.2) is 13.2 Å². The first-order chi connectivity index (χ1) is 11.1. The molecule has 24 heavy (non-hydrogen) atoms. The van der Waals surface area contributed by atoms with Gasteiger partial charge in [0.1, 0.15) is 5.60 Å². The molecule has 0 N–H and O–H groups in total. The minimum absolute atomic E-state index is 0.0521. The molecule has 1 amide bonds. The number of amides is 1. The third-order valence-electron chi connectivity index (χ3n) is 4.39. The van der Waals surface area contributed by atoms with Gasteiger partial charge in [0.2, 0.25) is 14.7 Å². The molecule has 2 unspecified atom stereocenters. The molecule has 1 saturated carbocycles. The molecule has 3 rings (SSSR count). The number of nitrogens with zero attached hydrogens (tertiary/aromatic N) is 1. The molecule has 1 aromatic carbocycles. The number of rotatable bonds is 2. The maximum Gasteiger partial charge on any atom is 0.412 e. The van der Waals surface area contributed by atoms with Crippen molar-refractivity contribution in [3.05, 3.63) is 30.3 Å². The monoisotopic (exact) mass is 351 g/mol. The molecule has 0 spiro atoms. The zero-order valence-electron chi connectivity index (χ0n) is 14.0. The van der Waals surface area contributed by atoms with Crippen molar-refractivity contribution in [1.82, 2.24) is 4.90 Å². The van der Waals surface area contributed by atoms with E-state index in [0.717, 1.165) is 4.90 Å². The Kier molecular flexibility index (Phi) is 3.75. The van der Waals surface area contributed by atoms with Gasteiger partial charge in [-0.05, 0) is 45.7 Å². The number of carbonyl (C=O) groups excluding carboxylic acids is 2. The van der Waals surface area contributed by atoms with Crippen LogP contribution in [0.15, 0.2) is 35.2 Å². The van der Waals surface area contributed by atoms with Crippen molar-refractivity contribution in [3.8, 4) is 0 Å². The Morgan fingerprint density at radius 2 is 1.88 bits per heavy atom. The summed E-state index contributed by atoms with van der Waals surface area (Å²) in [6.07, 6.45) is 0.468. The van der Waals surface area contributed by atoms with E-state index in [4.69, 9.17) is 4.74 Å². The first-order valence-electron chi connectivity index (χ1n) is 7.97. The Bertz CT molecular complexity index is 781. The van der Waals surface area contributed by atoms with Gasteiger partial charge in [-0.3, -0.25) is 9.69 Å². The molecule has 1 heterocycles. The molecule has 0 bridgehead atoms. The molecule has 7 heteroatoms. The highest BCUT2D eigenvalue weighted by molar-refractivity contribution is 7.94. The highest BCUT2D eigenvalue weighted by Gasteiger charge is 2.79. The van der Waals surface area contributed by atoms with Crippen molar-refractivity contribution in [1.29, 1.82) is 0 Å². The lowest BCUT2D eigenvalue weighted by molar-refractivity contribution is -0.121. The van der Waals surface area contributed by atoms with Gasteiger partial charge in [0.25, 0.3) is 0 Å². The summed E-state index contributed by atoms with van der Waals surface area (Å²) >= 11 is 0. The first-order valence-corrected chi connectivity index (χ1v) is 9.46. The Hall–Kier alpha value is -1.89. The molecule has 0 aromatic heterocycles. The standard InChI is InChI=1S/C17H21NO5S/c1-16(2,3)23-15(20)18-13-10-7-11-14(19)17(13,18)24(21,22)12-8-5-4-6-9-12/h4-6,8-9,13H,7,10-11H2,1-3H3. The molecule has 2 atom stereocenters. The predicted molar refractivity (Wildman–Crippen MR) is 87.1 cm³/mol. The third kappa shape index (κ3) is 2.33. The Morgan fingerprint density at radius 1 is 1.25 bits per heavy atom. The molecule has 1 aromatic rings.